The van der Waals surface area contributed by atoms with Crippen molar-refractivity contribution in [2.45, 2.75) is 31.8 Å². The molecule has 0 radical (unpaired) electrons. The molecular formula is C27H22F3NO4. The zero-order valence-electron chi connectivity index (χ0n) is 19.2. The molecule has 1 aliphatic rings. The van der Waals surface area contributed by atoms with Gasteiger partial charge in [0.1, 0.15) is 28.8 Å². The molecular weight excluding hydrogens is 459 g/mol. The van der Waals surface area contributed by atoms with Crippen LogP contribution >= 0.6 is 0 Å². The normalized spacial score (nSPS) is 19.0. The van der Waals surface area contributed by atoms with E-state index in [9.17, 15) is 28.2 Å². The molecule has 0 saturated carbocycles. The number of aromatic carboxylic acids is 1. The van der Waals surface area contributed by atoms with Crippen LogP contribution in [0.3, 0.4) is 0 Å². The van der Waals surface area contributed by atoms with Gasteiger partial charge in [-0.2, -0.15) is 0 Å². The molecule has 2 N–H and O–H groups in total. The van der Waals surface area contributed by atoms with Gasteiger partial charge in [0.05, 0.1) is 17.7 Å². The van der Waals surface area contributed by atoms with Gasteiger partial charge in [0.15, 0.2) is 0 Å². The summed E-state index contributed by atoms with van der Waals surface area (Å²) in [5.74, 6) is -3.75. The standard InChI is InChI=1S/C27H22F3NO4/c1-26(2)13-35-27(3,14-4-9-18(25(33)34)19(30)10-14)23-22-20(11-16(29)12-21(22)32)31(24(23)26)17-7-5-15(28)6-8-17/h4-12,32H,13H2,1-3H3,(H,33,34). The Labute approximate surface area is 199 Å². The highest BCUT2D eigenvalue weighted by molar-refractivity contribution is 5.94. The number of phenolic OH excluding ortho intramolecular Hbond substituents is 1. The monoisotopic (exact) mass is 481 g/mol. The number of benzene rings is 3. The van der Waals surface area contributed by atoms with Crippen LogP contribution in [0.4, 0.5) is 13.2 Å². The lowest BCUT2D eigenvalue weighted by molar-refractivity contribution is -0.0438. The number of hydrogen-bond acceptors (Lipinski definition) is 3. The minimum atomic E-state index is -1.40. The zero-order valence-corrected chi connectivity index (χ0v) is 19.2. The average Bonchev–Trinajstić information content (AvgIpc) is 3.14. The van der Waals surface area contributed by atoms with Gasteiger partial charge in [-0.1, -0.05) is 19.9 Å². The predicted molar refractivity (Wildman–Crippen MR) is 124 cm³/mol. The summed E-state index contributed by atoms with van der Waals surface area (Å²) in [7, 11) is 0. The van der Waals surface area contributed by atoms with E-state index in [4.69, 9.17) is 4.74 Å². The Kier molecular flexibility index (Phi) is 5.00. The minimum Gasteiger partial charge on any atom is -0.507 e. The van der Waals surface area contributed by atoms with Crippen molar-refractivity contribution < 1.29 is 32.9 Å². The number of rotatable bonds is 3. The predicted octanol–water partition coefficient (Wildman–Crippen LogP) is 6.02. The van der Waals surface area contributed by atoms with Gasteiger partial charge in [0.2, 0.25) is 0 Å². The average molecular weight is 481 g/mol. The first-order valence-corrected chi connectivity index (χ1v) is 10.9. The van der Waals surface area contributed by atoms with Crippen LogP contribution in [0, 0.1) is 17.5 Å². The van der Waals surface area contributed by atoms with Gasteiger partial charge >= 0.3 is 5.97 Å². The van der Waals surface area contributed by atoms with E-state index in [0.717, 1.165) is 12.1 Å². The fourth-order valence-electron chi connectivity index (χ4n) is 5.00. The van der Waals surface area contributed by atoms with Crippen LogP contribution in [0.25, 0.3) is 16.6 Å². The van der Waals surface area contributed by atoms with Gasteiger partial charge in [-0.3, -0.25) is 0 Å². The quantitative estimate of drug-likeness (QED) is 0.375. The van der Waals surface area contributed by atoms with Gasteiger partial charge in [-0.25, -0.2) is 18.0 Å². The Hall–Kier alpha value is -3.78. The second-order valence-electron chi connectivity index (χ2n) is 9.56. The maximum Gasteiger partial charge on any atom is 0.338 e. The molecule has 1 aliphatic heterocycles. The van der Waals surface area contributed by atoms with E-state index in [-0.39, 0.29) is 12.4 Å². The molecule has 0 bridgehead atoms. The fraction of sp³-hybridized carbons (Fsp3) is 0.222. The van der Waals surface area contributed by atoms with Crippen molar-refractivity contribution in [3.05, 3.63) is 94.4 Å². The van der Waals surface area contributed by atoms with E-state index < -0.39 is 40.0 Å². The number of phenols is 1. The van der Waals surface area contributed by atoms with Crippen molar-refractivity contribution in [1.29, 1.82) is 0 Å². The molecule has 180 valence electrons. The maximum atomic E-state index is 14.7. The number of carboxylic acid groups (broad SMARTS) is 1. The molecule has 5 rings (SSSR count). The molecule has 3 aromatic carbocycles. The number of carboxylic acids is 1. The van der Waals surface area contributed by atoms with E-state index in [1.165, 1.54) is 30.3 Å². The number of fused-ring (bicyclic) bond motifs is 3. The third-order valence-corrected chi connectivity index (χ3v) is 6.69. The Morgan fingerprint density at radius 1 is 0.971 bits per heavy atom. The molecule has 0 amide bonds. The Bertz CT molecular complexity index is 1510. The van der Waals surface area contributed by atoms with Gasteiger partial charge in [0, 0.05) is 33.8 Å². The SMILES string of the molecule is CC1(C)COC(C)(c2ccc(C(=O)O)c(F)c2)c2c1n(-c1ccc(F)cc1)c1cc(F)cc(O)c21. The van der Waals surface area contributed by atoms with Gasteiger partial charge in [-0.05, 0) is 55.0 Å². The first-order chi connectivity index (χ1) is 16.4. The Morgan fingerprint density at radius 3 is 2.29 bits per heavy atom. The molecule has 0 spiro atoms. The summed E-state index contributed by atoms with van der Waals surface area (Å²) in [5, 5.41) is 20.5. The molecule has 4 aromatic rings. The molecule has 8 heteroatoms. The first-order valence-electron chi connectivity index (χ1n) is 10.9. The van der Waals surface area contributed by atoms with Crippen molar-refractivity contribution in [2.75, 3.05) is 6.61 Å². The summed E-state index contributed by atoms with van der Waals surface area (Å²) in [6, 6.07) is 11.7. The van der Waals surface area contributed by atoms with Crippen LogP contribution < -0.4 is 0 Å². The van der Waals surface area contributed by atoms with Crippen molar-refractivity contribution >= 4 is 16.9 Å². The van der Waals surface area contributed by atoms with Crippen LogP contribution in [0.15, 0.2) is 54.6 Å². The fourth-order valence-corrected chi connectivity index (χ4v) is 5.00. The number of aromatic nitrogens is 1. The second-order valence-corrected chi connectivity index (χ2v) is 9.56. The zero-order chi connectivity index (χ0) is 25.3. The maximum absolute atomic E-state index is 14.7. The lowest BCUT2D eigenvalue weighted by Crippen LogP contribution is -2.43. The molecule has 0 aliphatic carbocycles. The van der Waals surface area contributed by atoms with Crippen molar-refractivity contribution in [3.63, 3.8) is 0 Å². The summed E-state index contributed by atoms with van der Waals surface area (Å²) >= 11 is 0. The highest BCUT2D eigenvalue weighted by Gasteiger charge is 2.47. The number of ether oxygens (including phenoxy) is 1. The minimum absolute atomic E-state index is 0.180. The molecule has 0 saturated heterocycles. The van der Waals surface area contributed by atoms with Gasteiger partial charge < -0.3 is 19.5 Å². The molecule has 1 atom stereocenters. The van der Waals surface area contributed by atoms with Crippen molar-refractivity contribution in [3.8, 4) is 11.4 Å². The van der Waals surface area contributed by atoms with Gasteiger partial charge in [-0.15, -0.1) is 0 Å². The smallest absolute Gasteiger partial charge is 0.338 e. The Morgan fingerprint density at radius 2 is 1.66 bits per heavy atom. The lowest BCUT2D eigenvalue weighted by atomic mass is 9.75. The number of halogens is 3. The third-order valence-electron chi connectivity index (χ3n) is 6.69. The Balaban J connectivity index is 1.91. The summed E-state index contributed by atoms with van der Waals surface area (Å²) in [4.78, 5) is 11.3. The van der Waals surface area contributed by atoms with Crippen LogP contribution in [-0.4, -0.2) is 27.4 Å². The number of nitrogens with zero attached hydrogens (tertiary/aromatic N) is 1. The lowest BCUT2D eigenvalue weighted by Gasteiger charge is -2.43. The second kappa shape index (κ2) is 7.61. The van der Waals surface area contributed by atoms with Crippen LogP contribution in [-0.2, 0) is 15.8 Å². The molecule has 2 heterocycles. The third kappa shape index (κ3) is 3.39. The molecule has 0 fully saturated rings. The molecule has 35 heavy (non-hydrogen) atoms. The molecule has 1 unspecified atom stereocenters. The highest BCUT2D eigenvalue weighted by Crippen LogP contribution is 2.52. The summed E-state index contributed by atoms with van der Waals surface area (Å²) in [6.45, 7) is 5.73. The summed E-state index contributed by atoms with van der Waals surface area (Å²) in [5.41, 5.74) is -0.0545. The van der Waals surface area contributed by atoms with E-state index >= 15 is 0 Å². The molecule has 5 nitrogen and oxygen atoms in total. The summed E-state index contributed by atoms with van der Waals surface area (Å²) < 4.78 is 51.1. The van der Waals surface area contributed by atoms with E-state index in [1.54, 1.807) is 23.6 Å². The molecule has 1 aromatic heterocycles. The van der Waals surface area contributed by atoms with E-state index in [0.29, 0.717) is 33.4 Å². The van der Waals surface area contributed by atoms with E-state index in [2.05, 4.69) is 0 Å². The van der Waals surface area contributed by atoms with Gasteiger partial charge in [0.25, 0.3) is 0 Å². The number of hydrogen-bond donors (Lipinski definition) is 2. The summed E-state index contributed by atoms with van der Waals surface area (Å²) in [6.07, 6.45) is 0. The topological polar surface area (TPSA) is 71.7 Å². The van der Waals surface area contributed by atoms with Crippen LogP contribution in [0.1, 0.15) is 48.0 Å². The van der Waals surface area contributed by atoms with Crippen molar-refractivity contribution in [2.24, 2.45) is 0 Å². The van der Waals surface area contributed by atoms with Crippen LogP contribution in [0.5, 0.6) is 5.75 Å². The first kappa shape index (κ1) is 23.0. The van der Waals surface area contributed by atoms with Crippen molar-refractivity contribution in [1.82, 2.24) is 4.57 Å². The number of aromatic hydroxyl groups is 1. The largest absolute Gasteiger partial charge is 0.507 e. The number of carbonyl (C=O) groups is 1. The highest BCUT2D eigenvalue weighted by atomic mass is 19.1. The van der Waals surface area contributed by atoms with Crippen LogP contribution in [0.2, 0.25) is 0 Å². The van der Waals surface area contributed by atoms with E-state index in [1.807, 2.05) is 13.8 Å².